The summed E-state index contributed by atoms with van der Waals surface area (Å²) in [5.74, 6) is -0.523. The minimum absolute atomic E-state index is 0.125. The Morgan fingerprint density at radius 3 is 2.93 bits per heavy atom. The van der Waals surface area contributed by atoms with Crippen molar-refractivity contribution in [2.24, 2.45) is 0 Å². The van der Waals surface area contributed by atoms with Crippen LogP contribution in [0.3, 0.4) is 0 Å². The van der Waals surface area contributed by atoms with Gasteiger partial charge in [0.25, 0.3) is 5.91 Å². The van der Waals surface area contributed by atoms with Crippen LogP contribution in [0.15, 0.2) is 55.0 Å². The molecule has 140 valence electrons. The Morgan fingerprint density at radius 1 is 1.22 bits per heavy atom. The smallest absolute Gasteiger partial charge is 0.259 e. The van der Waals surface area contributed by atoms with Crippen LogP contribution in [-0.4, -0.2) is 39.5 Å². The number of aromatic nitrogens is 2. The number of fused-ring (bicyclic) bond motifs is 1. The second kappa shape index (κ2) is 7.48. The number of hydrogen-bond acceptors (Lipinski definition) is 3. The van der Waals surface area contributed by atoms with Crippen LogP contribution in [0.5, 0.6) is 0 Å². The van der Waals surface area contributed by atoms with E-state index < -0.39 is 11.6 Å². The molecule has 1 aliphatic rings. The van der Waals surface area contributed by atoms with E-state index in [1.54, 1.807) is 12.4 Å². The highest BCUT2D eigenvalue weighted by Gasteiger charge is 2.42. The van der Waals surface area contributed by atoms with Gasteiger partial charge in [-0.15, -0.1) is 0 Å². The van der Waals surface area contributed by atoms with E-state index in [1.165, 1.54) is 0 Å². The van der Waals surface area contributed by atoms with Gasteiger partial charge in [0.05, 0.1) is 0 Å². The molecular formula is C21H23FN4O. The van der Waals surface area contributed by atoms with E-state index in [0.29, 0.717) is 19.5 Å². The van der Waals surface area contributed by atoms with Gasteiger partial charge in [-0.3, -0.25) is 14.7 Å². The van der Waals surface area contributed by atoms with Gasteiger partial charge in [0, 0.05) is 43.7 Å². The van der Waals surface area contributed by atoms with Crippen molar-refractivity contribution in [1.82, 2.24) is 20.2 Å². The predicted molar refractivity (Wildman–Crippen MR) is 103 cm³/mol. The molecule has 3 aromatic rings. The molecule has 2 aromatic heterocycles. The van der Waals surface area contributed by atoms with E-state index >= 15 is 4.39 Å². The molecule has 2 N–H and O–H groups in total. The van der Waals surface area contributed by atoms with Gasteiger partial charge < -0.3 is 10.3 Å². The predicted octanol–water partition coefficient (Wildman–Crippen LogP) is 3.18. The first kappa shape index (κ1) is 17.7. The Morgan fingerprint density at radius 2 is 2.07 bits per heavy atom. The lowest BCUT2D eigenvalue weighted by Gasteiger charge is -2.36. The Hall–Kier alpha value is -2.73. The second-order valence-corrected chi connectivity index (χ2v) is 7.22. The minimum atomic E-state index is -1.84. The SMILES string of the molecule is O=C(NCc1ccncc1)C1(F)CCCN(Cc2ccc3[nH]ccc3c2)C1. The summed E-state index contributed by atoms with van der Waals surface area (Å²) in [6.45, 7) is 1.89. The number of nitrogens with one attached hydrogen (secondary N) is 2. The van der Waals surface area contributed by atoms with Crippen molar-refractivity contribution in [2.45, 2.75) is 31.6 Å². The van der Waals surface area contributed by atoms with E-state index in [0.717, 1.165) is 28.6 Å². The molecule has 1 fully saturated rings. The molecule has 1 saturated heterocycles. The fourth-order valence-corrected chi connectivity index (χ4v) is 3.72. The molecular weight excluding hydrogens is 343 g/mol. The summed E-state index contributed by atoms with van der Waals surface area (Å²) in [5, 5.41) is 3.89. The highest BCUT2D eigenvalue weighted by atomic mass is 19.1. The number of nitrogens with zero attached hydrogens (tertiary/aromatic N) is 2. The number of aromatic amines is 1. The number of H-pyrrole nitrogens is 1. The number of rotatable bonds is 5. The Balaban J connectivity index is 1.39. The van der Waals surface area contributed by atoms with E-state index in [2.05, 4.69) is 27.4 Å². The van der Waals surface area contributed by atoms with Gasteiger partial charge in [-0.05, 0) is 66.2 Å². The Labute approximate surface area is 157 Å². The molecule has 0 bridgehead atoms. The van der Waals surface area contributed by atoms with Crippen LogP contribution in [0.2, 0.25) is 0 Å². The summed E-state index contributed by atoms with van der Waals surface area (Å²) < 4.78 is 15.4. The van der Waals surface area contributed by atoms with E-state index in [1.807, 2.05) is 35.4 Å². The van der Waals surface area contributed by atoms with Gasteiger partial charge in [-0.2, -0.15) is 0 Å². The molecule has 3 heterocycles. The number of pyridine rings is 1. The highest BCUT2D eigenvalue weighted by molar-refractivity contribution is 5.85. The number of benzene rings is 1. The van der Waals surface area contributed by atoms with Crippen molar-refractivity contribution in [3.8, 4) is 0 Å². The summed E-state index contributed by atoms with van der Waals surface area (Å²) in [6.07, 6.45) is 6.18. The maximum Gasteiger partial charge on any atom is 0.259 e. The Bertz CT molecular complexity index is 926. The quantitative estimate of drug-likeness (QED) is 0.729. The van der Waals surface area contributed by atoms with Crippen LogP contribution < -0.4 is 5.32 Å². The molecule has 4 rings (SSSR count). The third kappa shape index (κ3) is 4.01. The standard InChI is InChI=1S/C21H23FN4O/c22-21(20(27)25-13-16-4-8-23-9-5-16)7-1-11-26(15-21)14-17-2-3-19-18(12-17)6-10-24-19/h2-6,8-10,12,24H,1,7,11,13-15H2,(H,25,27). The average molecular weight is 366 g/mol. The molecule has 27 heavy (non-hydrogen) atoms. The third-order valence-corrected chi connectivity index (χ3v) is 5.15. The molecule has 1 aromatic carbocycles. The largest absolute Gasteiger partial charge is 0.361 e. The summed E-state index contributed by atoms with van der Waals surface area (Å²) in [4.78, 5) is 21.7. The monoisotopic (exact) mass is 366 g/mol. The number of alkyl halides is 1. The van der Waals surface area contributed by atoms with Gasteiger partial charge in [-0.1, -0.05) is 6.07 Å². The molecule has 5 nitrogen and oxygen atoms in total. The fourth-order valence-electron chi connectivity index (χ4n) is 3.72. The maximum absolute atomic E-state index is 15.4. The highest BCUT2D eigenvalue weighted by Crippen LogP contribution is 2.27. The van der Waals surface area contributed by atoms with Gasteiger partial charge in [0.2, 0.25) is 5.67 Å². The van der Waals surface area contributed by atoms with Crippen LogP contribution in [0.25, 0.3) is 10.9 Å². The molecule has 1 aliphatic heterocycles. The molecule has 0 radical (unpaired) electrons. The summed E-state index contributed by atoms with van der Waals surface area (Å²) >= 11 is 0. The first-order chi connectivity index (χ1) is 13.1. The van der Waals surface area contributed by atoms with Crippen LogP contribution in [0, 0.1) is 0 Å². The average Bonchev–Trinajstić information content (AvgIpc) is 3.15. The number of carbonyl (C=O) groups excluding carboxylic acids is 1. The first-order valence-electron chi connectivity index (χ1n) is 9.27. The van der Waals surface area contributed by atoms with Crippen molar-refractivity contribution < 1.29 is 9.18 Å². The fraction of sp³-hybridized carbons (Fsp3) is 0.333. The molecule has 0 saturated carbocycles. The lowest BCUT2D eigenvalue weighted by molar-refractivity contribution is -0.137. The normalized spacial score (nSPS) is 20.6. The Kier molecular flexibility index (Phi) is 4.90. The number of amides is 1. The number of carbonyl (C=O) groups is 1. The molecule has 0 aliphatic carbocycles. The van der Waals surface area contributed by atoms with Crippen LogP contribution in [0.4, 0.5) is 4.39 Å². The topological polar surface area (TPSA) is 61.0 Å². The maximum atomic E-state index is 15.4. The third-order valence-electron chi connectivity index (χ3n) is 5.15. The summed E-state index contributed by atoms with van der Waals surface area (Å²) in [7, 11) is 0. The summed E-state index contributed by atoms with van der Waals surface area (Å²) in [5.41, 5.74) is 1.29. The van der Waals surface area contributed by atoms with E-state index in [9.17, 15) is 4.79 Å². The number of hydrogen-bond donors (Lipinski definition) is 2. The van der Waals surface area contributed by atoms with Crippen molar-refractivity contribution in [3.05, 3.63) is 66.1 Å². The zero-order valence-electron chi connectivity index (χ0n) is 15.1. The first-order valence-corrected chi connectivity index (χ1v) is 9.27. The molecule has 6 heteroatoms. The van der Waals surface area contributed by atoms with E-state index in [-0.39, 0.29) is 13.0 Å². The zero-order valence-corrected chi connectivity index (χ0v) is 15.1. The number of halogens is 1. The van der Waals surface area contributed by atoms with Crippen molar-refractivity contribution in [2.75, 3.05) is 13.1 Å². The molecule has 1 unspecified atom stereocenters. The van der Waals surface area contributed by atoms with Gasteiger partial charge >= 0.3 is 0 Å². The van der Waals surface area contributed by atoms with Gasteiger partial charge in [-0.25, -0.2) is 4.39 Å². The van der Waals surface area contributed by atoms with Crippen molar-refractivity contribution in [1.29, 1.82) is 0 Å². The lowest BCUT2D eigenvalue weighted by atomic mass is 9.93. The van der Waals surface area contributed by atoms with Gasteiger partial charge in [0.1, 0.15) is 0 Å². The molecule has 1 amide bonds. The lowest BCUT2D eigenvalue weighted by Crippen LogP contribution is -2.53. The van der Waals surface area contributed by atoms with Crippen LogP contribution >= 0.6 is 0 Å². The van der Waals surface area contributed by atoms with Crippen molar-refractivity contribution >= 4 is 16.8 Å². The molecule has 0 spiro atoms. The number of piperidine rings is 1. The summed E-state index contributed by atoms with van der Waals surface area (Å²) in [6, 6.07) is 11.9. The van der Waals surface area contributed by atoms with Gasteiger partial charge in [0.15, 0.2) is 0 Å². The van der Waals surface area contributed by atoms with Crippen LogP contribution in [-0.2, 0) is 17.9 Å². The molecule has 1 atom stereocenters. The number of likely N-dealkylation sites (tertiary alicyclic amines) is 1. The van der Waals surface area contributed by atoms with E-state index in [4.69, 9.17) is 0 Å². The minimum Gasteiger partial charge on any atom is -0.361 e. The van der Waals surface area contributed by atoms with Crippen molar-refractivity contribution in [3.63, 3.8) is 0 Å². The van der Waals surface area contributed by atoms with Crippen LogP contribution in [0.1, 0.15) is 24.0 Å². The zero-order chi connectivity index (χ0) is 18.7. The second-order valence-electron chi connectivity index (χ2n) is 7.22.